The van der Waals surface area contributed by atoms with E-state index in [4.69, 9.17) is 31.5 Å². The summed E-state index contributed by atoms with van der Waals surface area (Å²) in [5.41, 5.74) is 2.79. The van der Waals surface area contributed by atoms with Crippen molar-refractivity contribution in [1.82, 2.24) is 0 Å². The summed E-state index contributed by atoms with van der Waals surface area (Å²) in [6, 6.07) is 12.9. The molecule has 1 N–H and O–H groups in total. The van der Waals surface area contributed by atoms with E-state index in [9.17, 15) is 9.59 Å². The van der Waals surface area contributed by atoms with Crippen molar-refractivity contribution in [2.75, 3.05) is 26.7 Å². The SMILES string of the molecule is C=C(C)CCl.C=C(C)COc1cccc(C(=O)OC)c1.COC(=O)c1cccc(O)c1.O=CO[O-].[H-].[K+].[K+]. The van der Waals surface area contributed by atoms with Gasteiger partial charge in [-0.2, -0.15) is 0 Å². The number of carbonyl (C=O) groups is 3. The van der Waals surface area contributed by atoms with Crippen molar-refractivity contribution >= 4 is 30.0 Å². The standard InChI is InChI=1S/C12H14O3.C8H8O3.C4H7Cl.CH2O3.2K.H/c1-9(2)8-15-11-6-4-5-10(7-11)12(13)14-3;1-11-8(10)6-3-2-4-7(9)5-6;1-4(2)3-5;2-1-4-3;;;/h4-7H,1,8H2,2-3H3;2-5,9H,1H3;1,3H2,2H3;1,3H;;;/q;;;;2*+1;-1/p-1. The molecule has 9 nitrogen and oxygen atoms in total. The Balaban J connectivity index is -0.000000140. The first kappa shape index (κ1) is 43.5. The molecule has 0 atom stereocenters. The minimum Gasteiger partial charge on any atom is -1.00 e. The fourth-order valence-electron chi connectivity index (χ4n) is 1.79. The van der Waals surface area contributed by atoms with Gasteiger partial charge in [0.05, 0.1) is 25.3 Å². The summed E-state index contributed by atoms with van der Waals surface area (Å²) < 4.78 is 14.4. The molecule has 0 radical (unpaired) electrons. The molecule has 0 unspecified atom stereocenters. The van der Waals surface area contributed by atoms with Crippen LogP contribution in [0.15, 0.2) is 72.8 Å². The normalized spacial score (nSPS) is 8.16. The van der Waals surface area contributed by atoms with Gasteiger partial charge in [0, 0.05) is 5.88 Å². The zero-order chi connectivity index (χ0) is 27.2. The van der Waals surface area contributed by atoms with Gasteiger partial charge in [0.25, 0.3) is 6.47 Å². The van der Waals surface area contributed by atoms with Gasteiger partial charge in [-0.25, -0.2) is 9.59 Å². The molecule has 2 aromatic rings. The number of alkyl halides is 1. The smallest absolute Gasteiger partial charge is 1.00 e. The molecule has 37 heavy (non-hydrogen) atoms. The van der Waals surface area contributed by atoms with E-state index in [1.54, 1.807) is 36.4 Å². The molecule has 2 aromatic carbocycles. The summed E-state index contributed by atoms with van der Waals surface area (Å²) in [5, 5.41) is 17.4. The molecular formula is C25H31ClK2O9. The summed E-state index contributed by atoms with van der Waals surface area (Å²) in [6.07, 6.45) is 0. The molecule has 0 saturated carbocycles. The quantitative estimate of drug-likeness (QED) is 0.0739. The number of esters is 2. The average Bonchev–Trinajstić information content (AvgIpc) is 2.87. The molecular weight excluding hydrogens is 558 g/mol. The topological polar surface area (TPSA) is 131 Å². The molecule has 2 rings (SSSR count). The molecule has 0 aromatic heterocycles. The van der Waals surface area contributed by atoms with Crippen molar-refractivity contribution in [3.05, 3.63) is 84.0 Å². The Hall–Kier alpha value is -0.547. The van der Waals surface area contributed by atoms with Crippen molar-refractivity contribution in [3.8, 4) is 11.5 Å². The van der Waals surface area contributed by atoms with Gasteiger partial charge in [0.1, 0.15) is 18.1 Å². The fourth-order valence-corrected chi connectivity index (χ4v) is 1.79. The molecule has 12 heteroatoms. The second-order valence-electron chi connectivity index (χ2n) is 6.59. The van der Waals surface area contributed by atoms with Crippen LogP contribution >= 0.6 is 11.6 Å². The number of ether oxygens (including phenoxy) is 3. The number of allylic oxidation sites excluding steroid dienone is 1. The first-order valence-electron chi connectivity index (χ1n) is 9.81. The number of aromatic hydroxyl groups is 1. The van der Waals surface area contributed by atoms with Crippen LogP contribution in [0.1, 0.15) is 36.0 Å². The number of halogens is 1. The van der Waals surface area contributed by atoms with Gasteiger partial charge in [0.15, 0.2) is 0 Å². The maximum Gasteiger partial charge on any atom is 1.00 e. The van der Waals surface area contributed by atoms with Crippen LogP contribution in [-0.4, -0.2) is 50.2 Å². The number of methoxy groups -OCH3 is 2. The van der Waals surface area contributed by atoms with Gasteiger partial charge >= 0.3 is 115 Å². The van der Waals surface area contributed by atoms with Crippen LogP contribution in [0, 0.1) is 0 Å². The average molecular weight is 589 g/mol. The summed E-state index contributed by atoms with van der Waals surface area (Å²) in [6.45, 7) is 11.3. The van der Waals surface area contributed by atoms with Crippen LogP contribution in [0.2, 0.25) is 0 Å². The third-order valence-electron chi connectivity index (χ3n) is 3.28. The predicted molar refractivity (Wildman–Crippen MR) is 131 cm³/mol. The molecule has 0 fully saturated rings. The third-order valence-corrected chi connectivity index (χ3v) is 3.73. The number of phenols is 1. The van der Waals surface area contributed by atoms with Crippen LogP contribution in [0.25, 0.3) is 0 Å². The van der Waals surface area contributed by atoms with E-state index >= 15 is 0 Å². The Morgan fingerprint density at radius 1 is 0.973 bits per heavy atom. The maximum atomic E-state index is 11.2. The van der Waals surface area contributed by atoms with Crippen molar-refractivity contribution in [1.29, 1.82) is 0 Å². The summed E-state index contributed by atoms with van der Waals surface area (Å²) in [5.74, 6) is 0.477. The monoisotopic (exact) mass is 588 g/mol. The van der Waals surface area contributed by atoms with Crippen LogP contribution in [0.5, 0.6) is 11.5 Å². The fraction of sp³-hybridized carbons (Fsp3) is 0.240. The zero-order valence-electron chi connectivity index (χ0n) is 23.1. The Bertz CT molecular complexity index is 960. The summed E-state index contributed by atoms with van der Waals surface area (Å²) in [4.78, 5) is 33.3. The number of hydrogen-bond donors (Lipinski definition) is 1. The first-order chi connectivity index (χ1) is 16.6. The summed E-state index contributed by atoms with van der Waals surface area (Å²) in [7, 11) is 2.65. The van der Waals surface area contributed by atoms with E-state index in [1.807, 2.05) is 13.8 Å². The largest absolute Gasteiger partial charge is 1.00 e. The first-order valence-corrected chi connectivity index (χ1v) is 10.3. The third kappa shape index (κ3) is 25.5. The van der Waals surface area contributed by atoms with E-state index in [1.165, 1.54) is 26.4 Å². The van der Waals surface area contributed by atoms with Crippen LogP contribution in [-0.2, 0) is 19.2 Å². The Labute approximate surface area is 309 Å². The van der Waals surface area contributed by atoms with Gasteiger partial charge in [-0.3, -0.25) is 4.79 Å². The predicted octanol–water partition coefficient (Wildman–Crippen LogP) is -2.04. The van der Waals surface area contributed by atoms with Gasteiger partial charge in [-0.1, -0.05) is 30.9 Å². The van der Waals surface area contributed by atoms with Gasteiger partial charge in [0.2, 0.25) is 0 Å². The van der Waals surface area contributed by atoms with Crippen molar-refractivity contribution in [3.63, 3.8) is 0 Å². The minimum absolute atomic E-state index is 0. The van der Waals surface area contributed by atoms with Gasteiger partial charge in [-0.15, -0.1) is 11.6 Å². The van der Waals surface area contributed by atoms with Gasteiger partial charge < -0.3 is 30.9 Å². The van der Waals surface area contributed by atoms with E-state index in [-0.39, 0.29) is 122 Å². The second kappa shape index (κ2) is 28.5. The van der Waals surface area contributed by atoms with E-state index in [0.29, 0.717) is 29.4 Å². The van der Waals surface area contributed by atoms with E-state index in [0.717, 1.165) is 11.1 Å². The molecule has 0 aliphatic carbocycles. The Kier molecular flexibility index (Phi) is 33.5. The van der Waals surface area contributed by atoms with Crippen molar-refractivity contribution in [2.24, 2.45) is 0 Å². The van der Waals surface area contributed by atoms with Crippen molar-refractivity contribution < 1.29 is 148 Å². The molecule has 0 heterocycles. The molecule has 0 bridgehead atoms. The molecule has 0 amide bonds. The van der Waals surface area contributed by atoms with Crippen LogP contribution in [0.4, 0.5) is 0 Å². The molecule has 0 aliphatic heterocycles. The molecule has 194 valence electrons. The van der Waals surface area contributed by atoms with Crippen molar-refractivity contribution in [2.45, 2.75) is 13.8 Å². The second-order valence-corrected chi connectivity index (χ2v) is 6.86. The van der Waals surface area contributed by atoms with E-state index < -0.39 is 5.97 Å². The maximum absolute atomic E-state index is 11.2. The summed E-state index contributed by atoms with van der Waals surface area (Å²) >= 11 is 5.24. The van der Waals surface area contributed by atoms with Crippen LogP contribution < -0.4 is 113 Å². The number of phenolic OH excluding ortho intramolecular Hbond substituents is 1. The molecule has 0 spiro atoms. The molecule has 0 aliphatic rings. The van der Waals surface area contributed by atoms with Gasteiger partial charge in [-0.05, 0) is 55.8 Å². The zero-order valence-corrected chi connectivity index (χ0v) is 29.1. The Morgan fingerprint density at radius 2 is 1.41 bits per heavy atom. The van der Waals surface area contributed by atoms with Crippen LogP contribution in [0.3, 0.4) is 0 Å². The number of carbonyl (C=O) groups excluding carboxylic acids is 3. The number of benzene rings is 2. The Morgan fingerprint density at radius 3 is 1.76 bits per heavy atom. The number of hydrogen-bond acceptors (Lipinski definition) is 9. The molecule has 0 saturated heterocycles. The van der Waals surface area contributed by atoms with E-state index in [2.05, 4.69) is 27.5 Å². The number of rotatable bonds is 7. The minimum atomic E-state index is -0.444.